The number of ether oxygens (including phenoxy) is 1. The predicted molar refractivity (Wildman–Crippen MR) is 64.3 cm³/mol. The van der Waals surface area contributed by atoms with Crippen LogP contribution in [0.1, 0.15) is 26.7 Å². The molecule has 94 valence electrons. The minimum Gasteiger partial charge on any atom is -0.465 e. The molecular formula is C12H24N2O2. The molecule has 1 N–H and O–H groups in total. The minimum atomic E-state index is -0.187. The highest BCUT2D eigenvalue weighted by atomic mass is 16.5. The lowest BCUT2D eigenvalue weighted by Gasteiger charge is -2.32. The van der Waals surface area contributed by atoms with Gasteiger partial charge < -0.3 is 15.0 Å². The average Bonchev–Trinajstić information content (AvgIpc) is 2.28. The largest absolute Gasteiger partial charge is 0.465 e. The van der Waals surface area contributed by atoms with E-state index in [-0.39, 0.29) is 12.0 Å². The fraction of sp³-hybridized carbons (Fsp3) is 0.917. The summed E-state index contributed by atoms with van der Waals surface area (Å²) in [5.74, 6) is 0.690. The standard InChI is InChI=1S/C12H24N2O2/c1-4-16-12(15)11(13-3)9-14-7-5-10(2)6-8-14/h10-11,13H,4-9H2,1-3H3. The number of likely N-dealkylation sites (N-methyl/N-ethyl adjacent to an activating group) is 1. The maximum absolute atomic E-state index is 11.6. The van der Waals surface area contributed by atoms with Crippen LogP contribution in [0.5, 0.6) is 0 Å². The van der Waals surface area contributed by atoms with Crippen LogP contribution in [0.25, 0.3) is 0 Å². The molecule has 1 heterocycles. The van der Waals surface area contributed by atoms with Gasteiger partial charge in [0.1, 0.15) is 6.04 Å². The quantitative estimate of drug-likeness (QED) is 0.709. The number of esters is 1. The zero-order chi connectivity index (χ0) is 12.0. The molecule has 0 amide bonds. The van der Waals surface area contributed by atoms with E-state index >= 15 is 0 Å². The second-order valence-corrected chi connectivity index (χ2v) is 4.58. The van der Waals surface area contributed by atoms with E-state index in [9.17, 15) is 4.79 Å². The Labute approximate surface area is 98.3 Å². The van der Waals surface area contributed by atoms with Crippen molar-refractivity contribution in [3.05, 3.63) is 0 Å². The first-order valence-electron chi connectivity index (χ1n) is 6.23. The number of hydrogen-bond acceptors (Lipinski definition) is 4. The normalized spacial score (nSPS) is 20.7. The summed E-state index contributed by atoms with van der Waals surface area (Å²) in [7, 11) is 1.81. The van der Waals surface area contributed by atoms with Gasteiger partial charge in [0.25, 0.3) is 0 Å². The first kappa shape index (κ1) is 13.5. The van der Waals surface area contributed by atoms with Crippen LogP contribution in [0, 0.1) is 5.92 Å². The molecule has 0 aromatic carbocycles. The van der Waals surface area contributed by atoms with Gasteiger partial charge in [-0.05, 0) is 45.8 Å². The van der Waals surface area contributed by atoms with Gasteiger partial charge in [0.15, 0.2) is 0 Å². The maximum atomic E-state index is 11.6. The van der Waals surface area contributed by atoms with Gasteiger partial charge in [0, 0.05) is 6.54 Å². The lowest BCUT2D eigenvalue weighted by Crippen LogP contribution is -2.47. The predicted octanol–water partition coefficient (Wildman–Crippen LogP) is 0.869. The van der Waals surface area contributed by atoms with Gasteiger partial charge >= 0.3 is 5.97 Å². The molecule has 4 nitrogen and oxygen atoms in total. The lowest BCUT2D eigenvalue weighted by molar-refractivity contribution is -0.146. The summed E-state index contributed by atoms with van der Waals surface area (Å²) in [6, 6.07) is -0.187. The molecule has 0 saturated carbocycles. The fourth-order valence-corrected chi connectivity index (χ4v) is 2.03. The fourth-order valence-electron chi connectivity index (χ4n) is 2.03. The Morgan fingerprint density at radius 1 is 1.50 bits per heavy atom. The van der Waals surface area contributed by atoms with Crippen molar-refractivity contribution in [1.29, 1.82) is 0 Å². The molecule has 0 aromatic rings. The second kappa shape index (κ2) is 6.86. The van der Waals surface area contributed by atoms with Gasteiger partial charge in [0.05, 0.1) is 6.61 Å². The van der Waals surface area contributed by atoms with E-state index in [1.54, 1.807) is 0 Å². The van der Waals surface area contributed by atoms with Crippen LogP contribution in [0.3, 0.4) is 0 Å². The molecule has 1 fully saturated rings. The first-order valence-corrected chi connectivity index (χ1v) is 6.23. The molecule has 1 unspecified atom stereocenters. The number of hydrogen-bond donors (Lipinski definition) is 1. The first-order chi connectivity index (χ1) is 7.67. The third-order valence-corrected chi connectivity index (χ3v) is 3.24. The number of carbonyl (C=O) groups excluding carboxylic acids is 1. The Hall–Kier alpha value is -0.610. The Balaban J connectivity index is 2.35. The van der Waals surface area contributed by atoms with Gasteiger partial charge in [-0.25, -0.2) is 0 Å². The van der Waals surface area contributed by atoms with Crippen LogP contribution in [0.2, 0.25) is 0 Å². The van der Waals surface area contributed by atoms with Crippen molar-refractivity contribution in [2.75, 3.05) is 33.3 Å². The Morgan fingerprint density at radius 2 is 2.12 bits per heavy atom. The molecular weight excluding hydrogens is 204 g/mol. The summed E-state index contributed by atoms with van der Waals surface area (Å²) in [5, 5.41) is 3.03. The highest BCUT2D eigenvalue weighted by Gasteiger charge is 2.23. The molecule has 1 atom stereocenters. The summed E-state index contributed by atoms with van der Waals surface area (Å²) < 4.78 is 5.03. The van der Waals surface area contributed by atoms with Crippen LogP contribution >= 0.6 is 0 Å². The van der Waals surface area contributed by atoms with Crippen LogP contribution in [-0.4, -0.2) is 50.2 Å². The number of piperidine rings is 1. The monoisotopic (exact) mass is 228 g/mol. The maximum Gasteiger partial charge on any atom is 0.324 e. The third-order valence-electron chi connectivity index (χ3n) is 3.24. The number of carbonyl (C=O) groups is 1. The Kier molecular flexibility index (Phi) is 5.77. The zero-order valence-electron chi connectivity index (χ0n) is 10.7. The molecule has 16 heavy (non-hydrogen) atoms. The Morgan fingerprint density at radius 3 is 2.62 bits per heavy atom. The van der Waals surface area contributed by atoms with E-state index < -0.39 is 0 Å². The van der Waals surface area contributed by atoms with Gasteiger partial charge in [-0.1, -0.05) is 6.92 Å². The molecule has 0 spiro atoms. The van der Waals surface area contributed by atoms with Gasteiger partial charge in [-0.3, -0.25) is 4.79 Å². The molecule has 0 radical (unpaired) electrons. The van der Waals surface area contributed by atoms with Crippen molar-refractivity contribution in [1.82, 2.24) is 10.2 Å². The smallest absolute Gasteiger partial charge is 0.324 e. The highest BCUT2D eigenvalue weighted by molar-refractivity contribution is 5.76. The SMILES string of the molecule is CCOC(=O)C(CN1CCC(C)CC1)NC. The highest BCUT2D eigenvalue weighted by Crippen LogP contribution is 2.15. The molecule has 0 bridgehead atoms. The van der Waals surface area contributed by atoms with Crippen molar-refractivity contribution >= 4 is 5.97 Å². The summed E-state index contributed by atoms with van der Waals surface area (Å²) in [6.45, 7) is 7.54. The van der Waals surface area contributed by atoms with Crippen LogP contribution < -0.4 is 5.32 Å². The molecule has 1 aliphatic heterocycles. The molecule has 1 aliphatic rings. The van der Waals surface area contributed by atoms with Crippen molar-refractivity contribution in [2.45, 2.75) is 32.7 Å². The van der Waals surface area contributed by atoms with E-state index in [2.05, 4.69) is 17.1 Å². The van der Waals surface area contributed by atoms with E-state index in [0.29, 0.717) is 6.61 Å². The summed E-state index contributed by atoms with van der Waals surface area (Å²) in [5.41, 5.74) is 0. The summed E-state index contributed by atoms with van der Waals surface area (Å²) >= 11 is 0. The van der Waals surface area contributed by atoms with Crippen molar-refractivity contribution in [2.24, 2.45) is 5.92 Å². The average molecular weight is 228 g/mol. The molecule has 1 saturated heterocycles. The number of likely N-dealkylation sites (tertiary alicyclic amines) is 1. The van der Waals surface area contributed by atoms with E-state index in [4.69, 9.17) is 4.74 Å². The number of nitrogens with zero attached hydrogens (tertiary/aromatic N) is 1. The molecule has 1 rings (SSSR count). The lowest BCUT2D eigenvalue weighted by atomic mass is 9.99. The van der Waals surface area contributed by atoms with Crippen molar-refractivity contribution < 1.29 is 9.53 Å². The van der Waals surface area contributed by atoms with Gasteiger partial charge in [-0.15, -0.1) is 0 Å². The Bertz CT molecular complexity index is 213. The summed E-state index contributed by atoms with van der Waals surface area (Å²) in [6.07, 6.45) is 2.47. The zero-order valence-corrected chi connectivity index (χ0v) is 10.7. The minimum absolute atomic E-state index is 0.136. The van der Waals surface area contributed by atoms with Crippen LogP contribution in [0.15, 0.2) is 0 Å². The number of rotatable bonds is 5. The second-order valence-electron chi connectivity index (χ2n) is 4.58. The van der Waals surface area contributed by atoms with Crippen LogP contribution in [-0.2, 0) is 9.53 Å². The van der Waals surface area contributed by atoms with Crippen LogP contribution in [0.4, 0.5) is 0 Å². The van der Waals surface area contributed by atoms with Gasteiger partial charge in [0.2, 0.25) is 0 Å². The van der Waals surface area contributed by atoms with Crippen molar-refractivity contribution in [3.8, 4) is 0 Å². The van der Waals surface area contributed by atoms with Gasteiger partial charge in [-0.2, -0.15) is 0 Å². The van der Waals surface area contributed by atoms with E-state index in [1.165, 1.54) is 12.8 Å². The molecule has 0 aliphatic carbocycles. The topological polar surface area (TPSA) is 41.6 Å². The number of nitrogens with one attached hydrogen (secondary N) is 1. The molecule has 4 heteroatoms. The van der Waals surface area contributed by atoms with E-state index in [1.807, 2.05) is 14.0 Å². The van der Waals surface area contributed by atoms with Crippen molar-refractivity contribution in [3.63, 3.8) is 0 Å². The molecule has 0 aromatic heterocycles. The third kappa shape index (κ3) is 4.10. The summed E-state index contributed by atoms with van der Waals surface area (Å²) in [4.78, 5) is 13.9. The van der Waals surface area contributed by atoms with E-state index in [0.717, 1.165) is 25.6 Å².